The van der Waals surface area contributed by atoms with Crippen LogP contribution in [0.5, 0.6) is 0 Å². The first-order chi connectivity index (χ1) is 14.1. The Bertz CT molecular complexity index is 812. The zero-order chi connectivity index (χ0) is 20.6. The van der Waals surface area contributed by atoms with Gasteiger partial charge in [-0.2, -0.15) is 0 Å². The maximum absolute atomic E-state index is 9.73. The molecule has 0 saturated carbocycles. The van der Waals surface area contributed by atoms with Gasteiger partial charge in [0, 0.05) is 49.9 Å². The van der Waals surface area contributed by atoms with Gasteiger partial charge in [0.05, 0.1) is 6.61 Å². The molecule has 0 aromatic heterocycles. The number of aliphatic imine (C=N–C) groups is 1. The molecule has 5 nitrogen and oxygen atoms in total. The van der Waals surface area contributed by atoms with Gasteiger partial charge in [0.25, 0.3) is 0 Å². The van der Waals surface area contributed by atoms with Gasteiger partial charge in [-0.3, -0.25) is 4.99 Å². The van der Waals surface area contributed by atoms with Crippen molar-refractivity contribution in [2.24, 2.45) is 10.9 Å². The molecule has 1 aliphatic rings. The normalized spacial score (nSPS) is 18.0. The van der Waals surface area contributed by atoms with Crippen molar-refractivity contribution < 1.29 is 5.11 Å². The number of hydrogen-bond donors (Lipinski definition) is 3. The third-order valence-electron chi connectivity index (χ3n) is 5.59. The molecular formula is C23H31ClN4O. The lowest BCUT2D eigenvalue weighted by Gasteiger charge is -2.22. The molecule has 1 saturated heterocycles. The molecule has 6 heteroatoms. The van der Waals surface area contributed by atoms with Gasteiger partial charge < -0.3 is 20.6 Å². The van der Waals surface area contributed by atoms with E-state index in [2.05, 4.69) is 39.6 Å². The largest absolute Gasteiger partial charge is 0.396 e. The summed E-state index contributed by atoms with van der Waals surface area (Å²) in [5.74, 6) is 1.37. The highest BCUT2D eigenvalue weighted by atomic mass is 35.5. The molecule has 0 bridgehead atoms. The van der Waals surface area contributed by atoms with Crippen LogP contribution in [-0.2, 0) is 0 Å². The summed E-state index contributed by atoms with van der Waals surface area (Å²) in [5, 5.41) is 17.3. The molecule has 1 fully saturated rings. The molecule has 2 aromatic carbocycles. The van der Waals surface area contributed by atoms with Crippen molar-refractivity contribution in [2.45, 2.75) is 19.3 Å². The van der Waals surface area contributed by atoms with Crippen molar-refractivity contribution in [1.29, 1.82) is 0 Å². The molecule has 29 heavy (non-hydrogen) atoms. The Morgan fingerprint density at radius 1 is 1.24 bits per heavy atom. The second kappa shape index (κ2) is 10.5. The van der Waals surface area contributed by atoms with Gasteiger partial charge in [-0.15, -0.1) is 0 Å². The number of nitrogens with one attached hydrogen (secondary N) is 2. The van der Waals surface area contributed by atoms with Gasteiger partial charge in [-0.1, -0.05) is 48.0 Å². The summed E-state index contributed by atoms with van der Waals surface area (Å²) in [4.78, 5) is 6.75. The van der Waals surface area contributed by atoms with E-state index in [0.29, 0.717) is 12.5 Å². The predicted molar refractivity (Wildman–Crippen MR) is 122 cm³/mol. The number of aryl methyl sites for hydroxylation is 1. The number of benzene rings is 2. The summed E-state index contributed by atoms with van der Waals surface area (Å²) in [7, 11) is 1.78. The molecule has 0 aliphatic carbocycles. The van der Waals surface area contributed by atoms with E-state index in [1.807, 2.05) is 36.4 Å². The SMILES string of the molecule is CN=C(NCC1CCN(c2cc(Cl)ccc2C)C1)NCC(CO)c1ccccc1. The standard InChI is InChI=1S/C23H31ClN4O/c1-17-8-9-21(24)12-22(17)28-11-10-18(15-28)13-26-23(25-2)27-14-20(16-29)19-6-4-3-5-7-19/h3-9,12,18,20,29H,10-11,13-16H2,1-2H3,(H2,25,26,27). The van der Waals surface area contributed by atoms with Crippen LogP contribution in [0, 0.1) is 12.8 Å². The van der Waals surface area contributed by atoms with Crippen molar-refractivity contribution in [3.8, 4) is 0 Å². The lowest BCUT2D eigenvalue weighted by molar-refractivity contribution is 0.265. The average molecular weight is 415 g/mol. The molecular weight excluding hydrogens is 384 g/mol. The van der Waals surface area contributed by atoms with E-state index in [-0.39, 0.29) is 12.5 Å². The molecule has 2 unspecified atom stereocenters. The summed E-state index contributed by atoms with van der Waals surface area (Å²) in [5.41, 5.74) is 3.62. The van der Waals surface area contributed by atoms with Crippen LogP contribution >= 0.6 is 11.6 Å². The number of aliphatic hydroxyl groups is 1. The van der Waals surface area contributed by atoms with Crippen molar-refractivity contribution in [3.05, 3.63) is 64.7 Å². The lowest BCUT2D eigenvalue weighted by atomic mass is 10.0. The van der Waals surface area contributed by atoms with Crippen LogP contribution in [0.3, 0.4) is 0 Å². The van der Waals surface area contributed by atoms with Gasteiger partial charge in [0.2, 0.25) is 0 Å². The second-order valence-electron chi connectivity index (χ2n) is 7.66. The van der Waals surface area contributed by atoms with E-state index in [9.17, 15) is 5.11 Å². The Hall–Kier alpha value is -2.24. The van der Waals surface area contributed by atoms with Crippen molar-refractivity contribution in [3.63, 3.8) is 0 Å². The zero-order valence-corrected chi connectivity index (χ0v) is 18.0. The van der Waals surface area contributed by atoms with Crippen LogP contribution in [-0.4, -0.2) is 50.9 Å². The summed E-state index contributed by atoms with van der Waals surface area (Å²) in [6.07, 6.45) is 1.14. The fourth-order valence-electron chi connectivity index (χ4n) is 3.84. The quantitative estimate of drug-likeness (QED) is 0.480. The molecule has 0 spiro atoms. The van der Waals surface area contributed by atoms with Crippen molar-refractivity contribution >= 4 is 23.2 Å². The summed E-state index contributed by atoms with van der Waals surface area (Å²) >= 11 is 6.19. The molecule has 0 amide bonds. The summed E-state index contributed by atoms with van der Waals surface area (Å²) < 4.78 is 0. The second-order valence-corrected chi connectivity index (χ2v) is 8.09. The summed E-state index contributed by atoms with van der Waals surface area (Å²) in [6.45, 7) is 5.79. The number of hydrogen-bond acceptors (Lipinski definition) is 3. The highest BCUT2D eigenvalue weighted by molar-refractivity contribution is 6.30. The smallest absolute Gasteiger partial charge is 0.191 e. The number of anilines is 1. The van der Waals surface area contributed by atoms with E-state index in [4.69, 9.17) is 11.6 Å². The molecule has 1 heterocycles. The third-order valence-corrected chi connectivity index (χ3v) is 5.82. The van der Waals surface area contributed by atoms with Crippen LogP contribution in [0.15, 0.2) is 53.5 Å². The number of guanidine groups is 1. The van der Waals surface area contributed by atoms with Crippen molar-refractivity contribution in [1.82, 2.24) is 10.6 Å². The lowest BCUT2D eigenvalue weighted by Crippen LogP contribution is -2.42. The van der Waals surface area contributed by atoms with Crippen LogP contribution in [0.25, 0.3) is 0 Å². The zero-order valence-electron chi connectivity index (χ0n) is 17.2. The maximum atomic E-state index is 9.73. The fourth-order valence-corrected chi connectivity index (χ4v) is 4.00. The van der Waals surface area contributed by atoms with Gasteiger partial charge in [-0.25, -0.2) is 0 Å². The first kappa shape index (κ1) is 21.5. The average Bonchev–Trinajstić information content (AvgIpc) is 3.22. The minimum Gasteiger partial charge on any atom is -0.396 e. The Labute approximate surface area is 178 Å². The van der Waals surface area contributed by atoms with Crippen molar-refractivity contribution in [2.75, 3.05) is 44.7 Å². The van der Waals surface area contributed by atoms with E-state index in [1.54, 1.807) is 7.05 Å². The number of halogens is 1. The first-order valence-electron chi connectivity index (χ1n) is 10.2. The maximum Gasteiger partial charge on any atom is 0.191 e. The van der Waals surface area contributed by atoms with Gasteiger partial charge >= 0.3 is 0 Å². The predicted octanol–water partition coefficient (Wildman–Crippen LogP) is 3.42. The monoisotopic (exact) mass is 414 g/mol. The number of rotatable bonds is 7. The molecule has 0 radical (unpaired) electrons. The van der Waals surface area contributed by atoms with E-state index >= 15 is 0 Å². The van der Waals surface area contributed by atoms with Crippen LogP contribution in [0.2, 0.25) is 5.02 Å². The molecule has 3 rings (SSSR count). The van der Waals surface area contributed by atoms with Crippen LogP contribution < -0.4 is 15.5 Å². The highest BCUT2D eigenvalue weighted by Gasteiger charge is 2.24. The van der Waals surface area contributed by atoms with Crippen LogP contribution in [0.1, 0.15) is 23.5 Å². The fraction of sp³-hybridized carbons (Fsp3) is 0.435. The minimum absolute atomic E-state index is 0.0440. The summed E-state index contributed by atoms with van der Waals surface area (Å²) in [6, 6.07) is 16.2. The Morgan fingerprint density at radius 3 is 2.76 bits per heavy atom. The van der Waals surface area contributed by atoms with E-state index < -0.39 is 0 Å². The van der Waals surface area contributed by atoms with E-state index in [0.717, 1.165) is 42.6 Å². The van der Waals surface area contributed by atoms with Crippen LogP contribution in [0.4, 0.5) is 5.69 Å². The van der Waals surface area contributed by atoms with Gasteiger partial charge in [0.1, 0.15) is 0 Å². The highest BCUT2D eigenvalue weighted by Crippen LogP contribution is 2.29. The minimum atomic E-state index is 0.0440. The van der Waals surface area contributed by atoms with Gasteiger partial charge in [0.15, 0.2) is 5.96 Å². The Kier molecular flexibility index (Phi) is 7.78. The first-order valence-corrected chi connectivity index (χ1v) is 10.6. The molecule has 156 valence electrons. The third kappa shape index (κ3) is 5.87. The Balaban J connectivity index is 1.48. The molecule has 2 aromatic rings. The molecule has 2 atom stereocenters. The molecule has 3 N–H and O–H groups in total. The number of nitrogens with zero attached hydrogens (tertiary/aromatic N) is 2. The topological polar surface area (TPSA) is 59.9 Å². The Morgan fingerprint density at radius 2 is 2.03 bits per heavy atom. The van der Waals surface area contributed by atoms with E-state index in [1.165, 1.54) is 11.3 Å². The molecule has 1 aliphatic heterocycles. The van der Waals surface area contributed by atoms with Gasteiger partial charge in [-0.05, 0) is 42.5 Å². The number of aliphatic hydroxyl groups excluding tert-OH is 1.